The second-order valence-corrected chi connectivity index (χ2v) is 5.83. The zero-order chi connectivity index (χ0) is 15.1. The zero-order valence-electron chi connectivity index (χ0n) is 11.4. The van der Waals surface area contributed by atoms with Crippen molar-refractivity contribution in [1.29, 1.82) is 0 Å². The number of pyridine rings is 1. The van der Waals surface area contributed by atoms with Crippen LogP contribution in [0, 0.1) is 0 Å². The maximum absolute atomic E-state index is 12.8. The lowest BCUT2D eigenvalue weighted by Crippen LogP contribution is -2.08. The normalized spacial score (nSPS) is 11.1. The van der Waals surface area contributed by atoms with Gasteiger partial charge in [0.2, 0.25) is 5.78 Å². The van der Waals surface area contributed by atoms with Crippen molar-refractivity contribution < 1.29 is 4.79 Å². The predicted octanol–water partition coefficient (Wildman–Crippen LogP) is 3.88. The summed E-state index contributed by atoms with van der Waals surface area (Å²) in [6.07, 6.45) is 3.62. The van der Waals surface area contributed by atoms with E-state index >= 15 is 0 Å². The third-order valence-electron chi connectivity index (χ3n) is 3.52. The minimum atomic E-state index is -0.0915. The molecular formula is C17H10BrN3O. The highest BCUT2D eigenvalue weighted by Gasteiger charge is 2.17. The maximum atomic E-state index is 12.8. The molecule has 4 nitrogen and oxygen atoms in total. The van der Waals surface area contributed by atoms with E-state index in [0.29, 0.717) is 16.8 Å². The Morgan fingerprint density at radius 2 is 1.91 bits per heavy atom. The van der Waals surface area contributed by atoms with Gasteiger partial charge in [-0.25, -0.2) is 9.97 Å². The molecule has 0 aliphatic carbocycles. The van der Waals surface area contributed by atoms with Gasteiger partial charge >= 0.3 is 0 Å². The summed E-state index contributed by atoms with van der Waals surface area (Å²) in [6, 6.07) is 14.8. The number of ketones is 1. The number of nitrogens with zero attached hydrogens (tertiary/aromatic N) is 3. The molecule has 0 saturated heterocycles. The molecule has 5 heteroatoms. The molecule has 0 saturated carbocycles. The van der Waals surface area contributed by atoms with Crippen molar-refractivity contribution in [2.24, 2.45) is 0 Å². The Morgan fingerprint density at radius 3 is 2.73 bits per heavy atom. The fourth-order valence-corrected chi connectivity index (χ4v) is 2.84. The van der Waals surface area contributed by atoms with Crippen molar-refractivity contribution in [2.75, 3.05) is 0 Å². The van der Waals surface area contributed by atoms with Crippen LogP contribution in [0.15, 0.2) is 65.4 Å². The Kier molecular flexibility index (Phi) is 3.01. The quantitative estimate of drug-likeness (QED) is 0.515. The molecule has 0 bridgehead atoms. The van der Waals surface area contributed by atoms with E-state index in [4.69, 9.17) is 0 Å². The number of aromatic nitrogens is 3. The van der Waals surface area contributed by atoms with Crippen molar-refractivity contribution >= 4 is 38.4 Å². The summed E-state index contributed by atoms with van der Waals surface area (Å²) in [7, 11) is 0. The molecule has 0 N–H and O–H groups in total. The van der Waals surface area contributed by atoms with Gasteiger partial charge in [-0.1, -0.05) is 30.3 Å². The number of halogens is 1. The molecule has 1 aromatic carbocycles. The van der Waals surface area contributed by atoms with E-state index in [9.17, 15) is 4.79 Å². The Balaban J connectivity index is 2.03. The van der Waals surface area contributed by atoms with Gasteiger partial charge in [0, 0.05) is 22.4 Å². The number of carbonyl (C=O) groups excluding carboxylic acids is 1. The average Bonchev–Trinajstić information content (AvgIpc) is 3.03. The molecule has 0 aliphatic rings. The summed E-state index contributed by atoms with van der Waals surface area (Å²) in [5.74, 6) is -0.0915. The van der Waals surface area contributed by atoms with Crippen molar-refractivity contribution in [3.05, 3.63) is 76.7 Å². The third kappa shape index (κ3) is 2.02. The van der Waals surface area contributed by atoms with Crippen molar-refractivity contribution in [3.63, 3.8) is 0 Å². The Hall–Kier alpha value is -2.53. The summed E-state index contributed by atoms with van der Waals surface area (Å²) in [4.78, 5) is 21.7. The van der Waals surface area contributed by atoms with E-state index in [1.165, 1.54) is 0 Å². The highest BCUT2D eigenvalue weighted by molar-refractivity contribution is 9.10. The van der Waals surface area contributed by atoms with E-state index in [2.05, 4.69) is 25.9 Å². The number of hydrogen-bond donors (Lipinski definition) is 0. The number of benzene rings is 1. The maximum Gasteiger partial charge on any atom is 0.213 e. The van der Waals surface area contributed by atoms with E-state index in [0.717, 1.165) is 15.6 Å². The lowest BCUT2D eigenvalue weighted by Gasteiger charge is -2.07. The summed E-state index contributed by atoms with van der Waals surface area (Å²) in [5.41, 5.74) is 3.23. The monoisotopic (exact) mass is 351 g/mol. The summed E-state index contributed by atoms with van der Waals surface area (Å²) in [5, 5.41) is 0. The molecule has 3 aromatic heterocycles. The van der Waals surface area contributed by atoms with Crippen molar-refractivity contribution in [2.45, 2.75) is 0 Å². The molecule has 0 fully saturated rings. The summed E-state index contributed by atoms with van der Waals surface area (Å²) in [6.45, 7) is 0. The van der Waals surface area contributed by atoms with Crippen LogP contribution in [0.3, 0.4) is 0 Å². The van der Waals surface area contributed by atoms with E-state index in [1.54, 1.807) is 18.3 Å². The number of fused-ring (bicyclic) bond motifs is 3. The molecule has 0 spiro atoms. The van der Waals surface area contributed by atoms with Gasteiger partial charge in [-0.05, 0) is 34.1 Å². The molecule has 0 aliphatic heterocycles. The van der Waals surface area contributed by atoms with Gasteiger partial charge < -0.3 is 0 Å². The van der Waals surface area contributed by atoms with Crippen LogP contribution in [0.4, 0.5) is 0 Å². The minimum Gasteiger partial charge on any atom is -0.298 e. The van der Waals surface area contributed by atoms with Crippen molar-refractivity contribution in [3.8, 4) is 0 Å². The molecule has 0 atom stereocenters. The Morgan fingerprint density at radius 1 is 1.09 bits per heavy atom. The lowest BCUT2D eigenvalue weighted by molar-refractivity contribution is 0.103. The summed E-state index contributed by atoms with van der Waals surface area (Å²) >= 11 is 3.40. The highest BCUT2D eigenvalue weighted by atomic mass is 79.9. The lowest BCUT2D eigenvalue weighted by atomic mass is 10.1. The fraction of sp³-hybridized carbons (Fsp3) is 0. The van der Waals surface area contributed by atoms with Gasteiger partial charge in [0.15, 0.2) is 5.65 Å². The molecule has 3 heterocycles. The van der Waals surface area contributed by atoms with Crippen LogP contribution in [0.5, 0.6) is 0 Å². The Bertz CT molecular complexity index is 1010. The number of hydrogen-bond acceptors (Lipinski definition) is 3. The first kappa shape index (κ1) is 13.2. The minimum absolute atomic E-state index is 0.0915. The summed E-state index contributed by atoms with van der Waals surface area (Å²) < 4.78 is 2.72. The standard InChI is InChI=1S/C17H10BrN3O/c18-12-9-13-17(19-10-12)21-8-4-7-14(21)15(20-13)16(22)11-5-2-1-3-6-11/h1-10H. The van der Waals surface area contributed by atoms with Gasteiger partial charge in [0.25, 0.3) is 0 Å². The van der Waals surface area contributed by atoms with Crippen LogP contribution in [-0.2, 0) is 0 Å². The molecule has 0 unspecified atom stereocenters. The highest BCUT2D eigenvalue weighted by Crippen LogP contribution is 2.22. The molecule has 4 aromatic rings. The second-order valence-electron chi connectivity index (χ2n) is 4.92. The van der Waals surface area contributed by atoms with Crippen LogP contribution in [0.2, 0.25) is 0 Å². The van der Waals surface area contributed by atoms with Gasteiger partial charge in [-0.15, -0.1) is 0 Å². The van der Waals surface area contributed by atoms with Crippen LogP contribution in [0.1, 0.15) is 16.1 Å². The van der Waals surface area contributed by atoms with Crippen LogP contribution in [0.25, 0.3) is 16.7 Å². The van der Waals surface area contributed by atoms with E-state index < -0.39 is 0 Å². The van der Waals surface area contributed by atoms with Crippen LogP contribution < -0.4 is 0 Å². The van der Waals surface area contributed by atoms with Gasteiger partial charge in [0.05, 0.1) is 5.52 Å². The molecule has 0 amide bonds. The van der Waals surface area contributed by atoms with Crippen LogP contribution >= 0.6 is 15.9 Å². The zero-order valence-corrected chi connectivity index (χ0v) is 13.0. The largest absolute Gasteiger partial charge is 0.298 e. The topological polar surface area (TPSA) is 47.3 Å². The van der Waals surface area contributed by atoms with Gasteiger partial charge in [0.1, 0.15) is 11.2 Å². The molecule has 0 radical (unpaired) electrons. The second kappa shape index (κ2) is 5.03. The van der Waals surface area contributed by atoms with Gasteiger partial charge in [-0.3, -0.25) is 9.20 Å². The Labute approximate surface area is 134 Å². The molecular weight excluding hydrogens is 342 g/mol. The first-order valence-electron chi connectivity index (χ1n) is 6.76. The van der Waals surface area contributed by atoms with E-state index in [1.807, 2.05) is 47.0 Å². The first-order valence-corrected chi connectivity index (χ1v) is 7.55. The third-order valence-corrected chi connectivity index (χ3v) is 3.95. The predicted molar refractivity (Wildman–Crippen MR) is 88.1 cm³/mol. The van der Waals surface area contributed by atoms with Crippen molar-refractivity contribution in [1.82, 2.24) is 14.4 Å². The fourth-order valence-electron chi connectivity index (χ4n) is 2.52. The number of rotatable bonds is 2. The molecule has 106 valence electrons. The molecule has 22 heavy (non-hydrogen) atoms. The van der Waals surface area contributed by atoms with Gasteiger partial charge in [-0.2, -0.15) is 0 Å². The SMILES string of the molecule is O=C(c1ccccc1)c1nc2cc(Br)cnc2n2cccc12. The average molecular weight is 352 g/mol. The van der Waals surface area contributed by atoms with Crippen LogP contribution in [-0.4, -0.2) is 20.2 Å². The number of carbonyl (C=O) groups is 1. The molecule has 4 rings (SSSR count). The first-order chi connectivity index (χ1) is 10.7. The van der Waals surface area contributed by atoms with E-state index in [-0.39, 0.29) is 5.78 Å². The smallest absolute Gasteiger partial charge is 0.213 e.